The maximum absolute atomic E-state index is 9.35. The summed E-state index contributed by atoms with van der Waals surface area (Å²) < 4.78 is 0. The summed E-state index contributed by atoms with van der Waals surface area (Å²) >= 11 is 2.01. The van der Waals surface area contributed by atoms with Gasteiger partial charge in [-0.15, -0.1) is 0 Å². The first-order valence-electron chi connectivity index (χ1n) is 4.91. The third kappa shape index (κ3) is 2.15. The maximum atomic E-state index is 9.35. The van der Waals surface area contributed by atoms with Crippen LogP contribution in [0.25, 0.3) is 0 Å². The van der Waals surface area contributed by atoms with Gasteiger partial charge in [0.05, 0.1) is 0 Å². The van der Waals surface area contributed by atoms with Gasteiger partial charge in [0, 0.05) is 5.69 Å². The van der Waals surface area contributed by atoms with Crippen molar-refractivity contribution in [3.8, 4) is 5.75 Å². The van der Waals surface area contributed by atoms with Gasteiger partial charge in [-0.3, -0.25) is 0 Å². The van der Waals surface area contributed by atoms with Gasteiger partial charge in [0.1, 0.15) is 5.75 Å². The van der Waals surface area contributed by atoms with Crippen molar-refractivity contribution in [1.29, 1.82) is 0 Å². The molecular formula is C11H15NOS. The van der Waals surface area contributed by atoms with E-state index in [1.54, 1.807) is 18.2 Å². The highest BCUT2D eigenvalue weighted by Gasteiger charge is 2.16. The average Bonchev–Trinajstić information content (AvgIpc) is 2.64. The minimum absolute atomic E-state index is 0.319. The van der Waals surface area contributed by atoms with E-state index in [0.29, 0.717) is 5.75 Å². The van der Waals surface area contributed by atoms with Gasteiger partial charge >= 0.3 is 0 Å². The number of hydrogen-bond donors (Lipinski definition) is 2. The summed E-state index contributed by atoms with van der Waals surface area (Å²) in [5, 5.41) is 9.35. The number of phenolic OH excluding ortho intramolecular Hbond substituents is 1. The van der Waals surface area contributed by atoms with Crippen molar-refractivity contribution >= 4 is 17.4 Å². The number of aromatic hydroxyl groups is 1. The normalized spacial score (nSPS) is 21.3. The SMILES string of the molecule is Nc1ccc(O)cc1CC1CCSC1. The quantitative estimate of drug-likeness (QED) is 0.580. The number of benzene rings is 1. The first-order valence-corrected chi connectivity index (χ1v) is 6.06. The van der Waals surface area contributed by atoms with Crippen LogP contribution in [0.3, 0.4) is 0 Å². The van der Waals surface area contributed by atoms with Gasteiger partial charge in [0.25, 0.3) is 0 Å². The minimum atomic E-state index is 0.319. The highest BCUT2D eigenvalue weighted by Crippen LogP contribution is 2.29. The van der Waals surface area contributed by atoms with E-state index in [1.165, 1.54) is 17.9 Å². The smallest absolute Gasteiger partial charge is 0.116 e. The molecule has 1 heterocycles. The molecular weight excluding hydrogens is 194 g/mol. The van der Waals surface area contributed by atoms with Crippen LogP contribution in [0.15, 0.2) is 18.2 Å². The van der Waals surface area contributed by atoms with Crippen LogP contribution < -0.4 is 5.73 Å². The lowest BCUT2D eigenvalue weighted by Gasteiger charge is -2.10. The molecule has 0 saturated carbocycles. The van der Waals surface area contributed by atoms with Gasteiger partial charge in [-0.1, -0.05) is 0 Å². The number of thioether (sulfide) groups is 1. The van der Waals surface area contributed by atoms with Crippen molar-refractivity contribution in [3.05, 3.63) is 23.8 Å². The molecule has 1 aliphatic heterocycles. The van der Waals surface area contributed by atoms with Crippen LogP contribution in [0.4, 0.5) is 5.69 Å². The lowest BCUT2D eigenvalue weighted by molar-refractivity contribution is 0.473. The van der Waals surface area contributed by atoms with E-state index >= 15 is 0 Å². The van der Waals surface area contributed by atoms with Gasteiger partial charge in [-0.05, 0) is 54.0 Å². The largest absolute Gasteiger partial charge is 0.508 e. The van der Waals surface area contributed by atoms with Gasteiger partial charge in [-0.2, -0.15) is 11.8 Å². The molecule has 1 aliphatic rings. The predicted molar refractivity (Wildman–Crippen MR) is 61.7 cm³/mol. The topological polar surface area (TPSA) is 46.2 Å². The first-order chi connectivity index (χ1) is 6.75. The number of anilines is 1. The van der Waals surface area contributed by atoms with E-state index in [2.05, 4.69) is 0 Å². The Labute approximate surface area is 88.5 Å². The van der Waals surface area contributed by atoms with E-state index in [1.807, 2.05) is 11.8 Å². The van der Waals surface area contributed by atoms with Gasteiger partial charge in [-0.25, -0.2) is 0 Å². The zero-order valence-corrected chi connectivity index (χ0v) is 8.89. The lowest BCUT2D eigenvalue weighted by atomic mass is 9.97. The summed E-state index contributed by atoms with van der Waals surface area (Å²) in [7, 11) is 0. The van der Waals surface area contributed by atoms with Gasteiger partial charge in [0.2, 0.25) is 0 Å². The summed E-state index contributed by atoms with van der Waals surface area (Å²) in [6.45, 7) is 0. The van der Waals surface area contributed by atoms with Crippen molar-refractivity contribution in [2.45, 2.75) is 12.8 Å². The van der Waals surface area contributed by atoms with Crippen molar-refractivity contribution in [2.75, 3.05) is 17.2 Å². The van der Waals surface area contributed by atoms with Gasteiger partial charge < -0.3 is 10.8 Å². The number of rotatable bonds is 2. The molecule has 1 aromatic carbocycles. The Hall–Kier alpha value is -0.830. The summed E-state index contributed by atoms with van der Waals surface area (Å²) in [4.78, 5) is 0. The number of nitrogen functional groups attached to an aromatic ring is 1. The highest BCUT2D eigenvalue weighted by atomic mass is 32.2. The van der Waals surface area contributed by atoms with E-state index in [0.717, 1.165) is 23.6 Å². The molecule has 3 N–H and O–H groups in total. The second-order valence-electron chi connectivity index (χ2n) is 3.82. The highest BCUT2D eigenvalue weighted by molar-refractivity contribution is 7.99. The Bertz CT molecular complexity index is 321. The van der Waals surface area contributed by atoms with Gasteiger partial charge in [0.15, 0.2) is 0 Å². The Morgan fingerprint density at radius 1 is 1.50 bits per heavy atom. The first kappa shape index (κ1) is 9.71. The molecule has 3 heteroatoms. The van der Waals surface area contributed by atoms with Crippen molar-refractivity contribution in [2.24, 2.45) is 5.92 Å². The van der Waals surface area contributed by atoms with Crippen LogP contribution >= 0.6 is 11.8 Å². The summed E-state index contributed by atoms with van der Waals surface area (Å²) in [5.41, 5.74) is 7.75. The van der Waals surface area contributed by atoms with Crippen LogP contribution in [0, 0.1) is 5.92 Å². The minimum Gasteiger partial charge on any atom is -0.508 e. The average molecular weight is 209 g/mol. The third-order valence-electron chi connectivity index (χ3n) is 2.66. The van der Waals surface area contributed by atoms with Crippen molar-refractivity contribution in [1.82, 2.24) is 0 Å². The second-order valence-corrected chi connectivity index (χ2v) is 4.97. The molecule has 1 atom stereocenters. The standard InChI is InChI=1S/C11H15NOS/c12-11-2-1-10(13)6-9(11)5-8-3-4-14-7-8/h1-2,6,8,13H,3-5,7,12H2. The zero-order valence-electron chi connectivity index (χ0n) is 8.07. The third-order valence-corrected chi connectivity index (χ3v) is 3.89. The lowest BCUT2D eigenvalue weighted by Crippen LogP contribution is -2.04. The Kier molecular flexibility index (Phi) is 2.87. The number of phenols is 1. The van der Waals surface area contributed by atoms with E-state index in [9.17, 15) is 5.11 Å². The molecule has 2 rings (SSSR count). The molecule has 14 heavy (non-hydrogen) atoms. The van der Waals surface area contributed by atoms with E-state index < -0.39 is 0 Å². The molecule has 0 bridgehead atoms. The fourth-order valence-electron chi connectivity index (χ4n) is 1.82. The molecule has 0 aliphatic carbocycles. The van der Waals surface area contributed by atoms with Crippen molar-refractivity contribution < 1.29 is 5.11 Å². The Morgan fingerprint density at radius 3 is 3.07 bits per heavy atom. The fraction of sp³-hybridized carbons (Fsp3) is 0.455. The number of nitrogens with two attached hydrogens (primary N) is 1. The van der Waals surface area contributed by atoms with E-state index in [4.69, 9.17) is 5.73 Å². The molecule has 0 aromatic heterocycles. The van der Waals surface area contributed by atoms with Crippen LogP contribution in [0.1, 0.15) is 12.0 Å². The van der Waals surface area contributed by atoms with E-state index in [-0.39, 0.29) is 0 Å². The Morgan fingerprint density at radius 2 is 2.36 bits per heavy atom. The van der Waals surface area contributed by atoms with Crippen LogP contribution in [0.5, 0.6) is 5.75 Å². The molecule has 1 aromatic rings. The van der Waals surface area contributed by atoms with Crippen LogP contribution in [-0.4, -0.2) is 16.6 Å². The monoisotopic (exact) mass is 209 g/mol. The maximum Gasteiger partial charge on any atom is 0.116 e. The molecule has 1 saturated heterocycles. The Balaban J connectivity index is 2.10. The molecule has 1 unspecified atom stereocenters. The number of hydrogen-bond acceptors (Lipinski definition) is 3. The summed E-state index contributed by atoms with van der Waals surface area (Å²) in [6, 6.07) is 5.22. The molecule has 76 valence electrons. The van der Waals surface area contributed by atoms with Crippen LogP contribution in [0.2, 0.25) is 0 Å². The molecule has 0 spiro atoms. The zero-order chi connectivity index (χ0) is 9.97. The fourth-order valence-corrected chi connectivity index (χ4v) is 3.11. The summed E-state index contributed by atoms with van der Waals surface area (Å²) in [5.74, 6) is 3.56. The molecule has 1 fully saturated rings. The van der Waals surface area contributed by atoms with Crippen molar-refractivity contribution in [3.63, 3.8) is 0 Å². The molecule has 0 radical (unpaired) electrons. The van der Waals surface area contributed by atoms with Crippen LogP contribution in [-0.2, 0) is 6.42 Å². The molecule has 0 amide bonds. The molecule has 2 nitrogen and oxygen atoms in total. The second kappa shape index (κ2) is 4.13. The predicted octanol–water partition coefficient (Wildman–Crippen LogP) is 2.27. The summed E-state index contributed by atoms with van der Waals surface area (Å²) in [6.07, 6.45) is 2.28.